The van der Waals surface area contributed by atoms with E-state index in [1.165, 1.54) is 19.3 Å². The molecule has 176 valence electrons. The number of aromatic nitrogens is 1. The second-order valence-electron chi connectivity index (χ2n) is 8.52. The molecule has 2 aliphatic heterocycles. The highest BCUT2D eigenvalue weighted by atomic mass is 35.5. The largest absolute Gasteiger partial charge is 0.493 e. The molecule has 0 spiro atoms. The van der Waals surface area contributed by atoms with Gasteiger partial charge in [0.25, 0.3) is 5.91 Å². The molecule has 1 aromatic heterocycles. The van der Waals surface area contributed by atoms with E-state index in [1.54, 1.807) is 12.0 Å². The van der Waals surface area contributed by atoms with Crippen LogP contribution in [0.4, 0.5) is 5.69 Å². The Balaban J connectivity index is 0.00000259. The lowest BCUT2D eigenvalue weighted by atomic mass is 10.1. The number of ether oxygens (including phenoxy) is 2. The number of aryl methyl sites for hydroxylation is 1. The highest BCUT2D eigenvalue weighted by molar-refractivity contribution is 6.32. The second kappa shape index (κ2) is 9.84. The fourth-order valence-electron chi connectivity index (χ4n) is 4.87. The highest BCUT2D eigenvalue weighted by Gasteiger charge is 2.34. The maximum absolute atomic E-state index is 13.4. The monoisotopic (exact) mass is 489 g/mol. The van der Waals surface area contributed by atoms with Crippen LogP contribution in [0.2, 0.25) is 5.02 Å². The summed E-state index contributed by atoms with van der Waals surface area (Å²) in [5.74, 6) is 1.32. The number of methoxy groups -OCH3 is 1. The van der Waals surface area contributed by atoms with E-state index in [9.17, 15) is 4.79 Å². The molecule has 1 fully saturated rings. The number of piperidine rings is 1. The van der Waals surface area contributed by atoms with Gasteiger partial charge in [0, 0.05) is 41.3 Å². The van der Waals surface area contributed by atoms with Crippen LogP contribution in [0.15, 0.2) is 36.4 Å². The number of likely N-dealkylation sites (tertiary alicyclic amines) is 1. The lowest BCUT2D eigenvalue weighted by molar-refractivity contribution is 0.0998. The highest BCUT2D eigenvalue weighted by Crippen LogP contribution is 2.39. The first kappa shape index (κ1) is 23.7. The summed E-state index contributed by atoms with van der Waals surface area (Å²) in [7, 11) is 3.63. The molecule has 1 amide bonds. The molecule has 0 aliphatic carbocycles. The van der Waals surface area contributed by atoms with Crippen molar-refractivity contribution < 1.29 is 14.3 Å². The van der Waals surface area contributed by atoms with Gasteiger partial charge in [-0.2, -0.15) is 0 Å². The van der Waals surface area contributed by atoms with Crippen LogP contribution < -0.4 is 14.4 Å². The van der Waals surface area contributed by atoms with Crippen LogP contribution in [0, 0.1) is 0 Å². The van der Waals surface area contributed by atoms with Crippen molar-refractivity contribution in [2.24, 2.45) is 7.05 Å². The van der Waals surface area contributed by atoms with E-state index >= 15 is 0 Å². The van der Waals surface area contributed by atoms with Gasteiger partial charge < -0.3 is 18.9 Å². The van der Waals surface area contributed by atoms with Gasteiger partial charge >= 0.3 is 0 Å². The van der Waals surface area contributed by atoms with Crippen molar-refractivity contribution in [3.8, 4) is 11.5 Å². The molecule has 0 atom stereocenters. The van der Waals surface area contributed by atoms with Gasteiger partial charge in [-0.15, -0.1) is 12.4 Å². The summed E-state index contributed by atoms with van der Waals surface area (Å²) >= 11 is 6.22. The number of hydrogen-bond acceptors (Lipinski definition) is 4. The summed E-state index contributed by atoms with van der Waals surface area (Å²) in [4.78, 5) is 17.6. The number of halogens is 2. The Morgan fingerprint density at radius 1 is 1.03 bits per heavy atom. The number of carbonyl (C=O) groups excluding carboxylic acids is 1. The van der Waals surface area contributed by atoms with Gasteiger partial charge in [-0.1, -0.05) is 18.0 Å². The molecule has 6 nitrogen and oxygen atoms in total. The maximum Gasteiger partial charge on any atom is 0.261 e. The molecule has 0 N–H and O–H groups in total. The lowest BCUT2D eigenvalue weighted by Crippen LogP contribution is -2.33. The third-order valence-electron chi connectivity index (χ3n) is 6.62. The third kappa shape index (κ3) is 4.39. The average Bonchev–Trinajstić information content (AvgIpc) is 3.29. The molecule has 2 aliphatic rings. The predicted molar refractivity (Wildman–Crippen MR) is 134 cm³/mol. The Morgan fingerprint density at radius 3 is 2.58 bits per heavy atom. The van der Waals surface area contributed by atoms with E-state index in [1.807, 2.05) is 43.4 Å². The van der Waals surface area contributed by atoms with E-state index in [4.69, 9.17) is 21.1 Å². The molecule has 3 aromatic rings. The molecule has 5 rings (SSSR count). The molecule has 0 radical (unpaired) electrons. The van der Waals surface area contributed by atoms with Gasteiger partial charge in [0.2, 0.25) is 0 Å². The van der Waals surface area contributed by atoms with Crippen LogP contribution in [0.1, 0.15) is 35.3 Å². The molecule has 3 heterocycles. The number of hydrogen-bond donors (Lipinski definition) is 0. The summed E-state index contributed by atoms with van der Waals surface area (Å²) < 4.78 is 13.7. The fraction of sp³-hybridized carbons (Fsp3) is 0.400. The van der Waals surface area contributed by atoms with Crippen molar-refractivity contribution in [1.82, 2.24) is 9.47 Å². The van der Waals surface area contributed by atoms with Gasteiger partial charge in [-0.05, 0) is 56.3 Å². The van der Waals surface area contributed by atoms with Gasteiger partial charge in [-0.25, -0.2) is 0 Å². The van der Waals surface area contributed by atoms with Crippen molar-refractivity contribution in [2.45, 2.75) is 25.8 Å². The molecule has 1 saturated heterocycles. The Hall–Kier alpha value is -2.41. The van der Waals surface area contributed by atoms with Crippen LogP contribution in [-0.2, 0) is 13.6 Å². The van der Waals surface area contributed by atoms with Crippen molar-refractivity contribution in [3.63, 3.8) is 0 Å². The number of nitrogens with zero attached hydrogens (tertiary/aromatic N) is 3. The molecule has 8 heteroatoms. The summed E-state index contributed by atoms with van der Waals surface area (Å²) in [5, 5.41) is 1.53. The smallest absolute Gasteiger partial charge is 0.261 e. The summed E-state index contributed by atoms with van der Waals surface area (Å²) in [6.45, 7) is 4.28. The van der Waals surface area contributed by atoms with E-state index in [2.05, 4.69) is 9.47 Å². The quantitative estimate of drug-likeness (QED) is 0.472. The van der Waals surface area contributed by atoms with E-state index < -0.39 is 0 Å². The molecular weight excluding hydrogens is 461 g/mol. The van der Waals surface area contributed by atoms with Gasteiger partial charge in [0.15, 0.2) is 11.5 Å². The first-order valence-electron chi connectivity index (χ1n) is 11.2. The molecule has 2 aromatic carbocycles. The summed E-state index contributed by atoms with van der Waals surface area (Å²) in [6.07, 6.45) is 3.84. The number of anilines is 1. The minimum absolute atomic E-state index is 0. The Labute approximate surface area is 205 Å². The molecule has 0 saturated carbocycles. The lowest BCUT2D eigenvalue weighted by Gasteiger charge is -2.26. The van der Waals surface area contributed by atoms with Gasteiger partial charge in [-0.3, -0.25) is 9.69 Å². The van der Waals surface area contributed by atoms with Gasteiger partial charge in [0.1, 0.15) is 6.61 Å². The average molecular weight is 490 g/mol. The van der Waals surface area contributed by atoms with E-state index in [0.717, 1.165) is 47.5 Å². The maximum atomic E-state index is 13.4. The van der Waals surface area contributed by atoms with E-state index in [0.29, 0.717) is 29.7 Å². The number of rotatable bonds is 6. The zero-order valence-corrected chi connectivity index (χ0v) is 20.5. The molecule has 33 heavy (non-hydrogen) atoms. The minimum atomic E-state index is -0.0164. The number of carbonyl (C=O) groups is 1. The number of benzene rings is 2. The van der Waals surface area contributed by atoms with Gasteiger partial charge in [0.05, 0.1) is 24.9 Å². The van der Waals surface area contributed by atoms with Crippen LogP contribution in [0.5, 0.6) is 11.5 Å². The molecule has 0 bridgehead atoms. The number of fused-ring (bicyclic) bond motifs is 3. The van der Waals surface area contributed by atoms with Crippen LogP contribution in [-0.4, -0.2) is 48.7 Å². The fourth-order valence-corrected chi connectivity index (χ4v) is 5.04. The van der Waals surface area contributed by atoms with Crippen molar-refractivity contribution >= 4 is 46.5 Å². The summed E-state index contributed by atoms with van der Waals surface area (Å²) in [5.41, 5.74) is 3.54. The topological polar surface area (TPSA) is 46.9 Å². The SMILES string of the molecule is COc1ccc(N2Cc3c(c4cc(Cl)ccc4n3C)C2=O)cc1OCCN1CCCCC1.Cl. The Morgan fingerprint density at radius 2 is 1.82 bits per heavy atom. The van der Waals surface area contributed by atoms with E-state index in [-0.39, 0.29) is 18.3 Å². The molecule has 0 unspecified atom stereocenters. The number of amides is 1. The van der Waals surface area contributed by atoms with Crippen molar-refractivity contribution in [1.29, 1.82) is 0 Å². The van der Waals surface area contributed by atoms with Crippen LogP contribution in [0.25, 0.3) is 10.9 Å². The third-order valence-corrected chi connectivity index (χ3v) is 6.86. The van der Waals surface area contributed by atoms with Crippen LogP contribution >= 0.6 is 24.0 Å². The van der Waals surface area contributed by atoms with Crippen LogP contribution in [0.3, 0.4) is 0 Å². The van der Waals surface area contributed by atoms with Crippen molar-refractivity contribution in [2.75, 3.05) is 38.3 Å². The zero-order chi connectivity index (χ0) is 22.2. The first-order chi connectivity index (χ1) is 15.6. The summed E-state index contributed by atoms with van der Waals surface area (Å²) in [6, 6.07) is 11.4. The molecular formula is C25H29Cl2N3O3. The normalized spacial score (nSPS) is 16.1. The Bertz CT molecular complexity index is 1170. The standard InChI is InChI=1S/C25H28ClN3O3.ClH/c1-27-20-8-6-17(26)14-19(20)24-21(27)16-29(25(24)30)18-7-9-22(31-2)23(15-18)32-13-12-28-10-4-3-5-11-28;/h6-9,14-15H,3-5,10-13,16H2,1-2H3;1H. The van der Waals surface area contributed by atoms with Crippen molar-refractivity contribution in [3.05, 3.63) is 52.7 Å². The predicted octanol–water partition coefficient (Wildman–Crippen LogP) is 5.29. The first-order valence-corrected chi connectivity index (χ1v) is 11.6. The second-order valence-corrected chi connectivity index (χ2v) is 8.96. The zero-order valence-electron chi connectivity index (χ0n) is 19.0. The Kier molecular flexibility index (Phi) is 7.07. The minimum Gasteiger partial charge on any atom is -0.493 e.